The molecule has 5 heterocycles. The summed E-state index contributed by atoms with van der Waals surface area (Å²) in [5, 5.41) is 3.37. The van der Waals surface area contributed by atoms with E-state index in [1.165, 1.54) is 12.1 Å². The van der Waals surface area contributed by atoms with Crippen molar-refractivity contribution in [2.24, 2.45) is 23.7 Å². The molecular formula is C21H27Cl2F2N3O. The largest absolute Gasteiger partial charge is 0.337 e. The number of nitrogens with zero attached hydrogens (tertiary/aromatic N) is 2. The lowest BCUT2D eigenvalue weighted by Gasteiger charge is -2.51. The summed E-state index contributed by atoms with van der Waals surface area (Å²) in [6.07, 6.45) is 2.27. The summed E-state index contributed by atoms with van der Waals surface area (Å²) in [6.45, 7) is 4.60. The van der Waals surface area contributed by atoms with Crippen molar-refractivity contribution in [3.63, 3.8) is 0 Å². The molecule has 1 N–H and O–H groups in total. The molecule has 0 spiro atoms. The highest BCUT2D eigenvalue weighted by molar-refractivity contribution is 5.85. The zero-order valence-corrected chi connectivity index (χ0v) is 17.7. The number of carbonyl (C=O) groups excluding carboxylic acids is 1. The van der Waals surface area contributed by atoms with Crippen molar-refractivity contribution in [1.82, 2.24) is 15.1 Å². The van der Waals surface area contributed by atoms with Crippen LogP contribution in [0, 0.1) is 35.3 Å². The van der Waals surface area contributed by atoms with E-state index in [0.717, 1.165) is 45.1 Å². The molecule has 1 unspecified atom stereocenters. The maximum absolute atomic E-state index is 13.9. The van der Waals surface area contributed by atoms with E-state index >= 15 is 0 Å². The van der Waals surface area contributed by atoms with Crippen LogP contribution in [0.1, 0.15) is 24.3 Å². The van der Waals surface area contributed by atoms with Crippen LogP contribution in [0.15, 0.2) is 18.2 Å². The van der Waals surface area contributed by atoms with Gasteiger partial charge in [-0.05, 0) is 74.5 Å². The smallest absolute Gasteiger partial charge is 0.226 e. The molecular weight excluding hydrogens is 419 g/mol. The van der Waals surface area contributed by atoms with Gasteiger partial charge in [-0.15, -0.1) is 24.8 Å². The Morgan fingerprint density at radius 1 is 0.966 bits per heavy atom. The number of hydrogen-bond donors (Lipinski definition) is 1. The number of fused-ring (bicyclic) bond motifs is 3. The van der Waals surface area contributed by atoms with Crippen molar-refractivity contribution < 1.29 is 13.6 Å². The second kappa shape index (κ2) is 7.63. The number of likely N-dealkylation sites (tertiary alicyclic amines) is 1. The van der Waals surface area contributed by atoms with Crippen molar-refractivity contribution in [2.45, 2.75) is 30.8 Å². The van der Waals surface area contributed by atoms with Gasteiger partial charge in [0.1, 0.15) is 11.6 Å². The Labute approximate surface area is 182 Å². The molecule has 0 radical (unpaired) electrons. The van der Waals surface area contributed by atoms with Gasteiger partial charge in [0.15, 0.2) is 0 Å². The van der Waals surface area contributed by atoms with Gasteiger partial charge < -0.3 is 10.2 Å². The van der Waals surface area contributed by atoms with Crippen LogP contribution in [0.5, 0.6) is 0 Å². The molecule has 6 fully saturated rings. The third kappa shape index (κ3) is 3.18. The summed E-state index contributed by atoms with van der Waals surface area (Å²) in [5.74, 6) is 0.966. The van der Waals surface area contributed by atoms with Gasteiger partial charge in [0.25, 0.3) is 0 Å². The second-order valence-electron chi connectivity index (χ2n) is 9.17. The molecule has 2 bridgehead atoms. The molecule has 29 heavy (non-hydrogen) atoms. The van der Waals surface area contributed by atoms with E-state index in [1.54, 1.807) is 0 Å². The first kappa shape index (κ1) is 21.3. The fourth-order valence-electron chi connectivity index (χ4n) is 6.73. The molecule has 1 aromatic rings. The zero-order chi connectivity index (χ0) is 18.3. The van der Waals surface area contributed by atoms with Gasteiger partial charge in [0.05, 0.1) is 6.04 Å². The minimum Gasteiger partial charge on any atom is -0.337 e. The van der Waals surface area contributed by atoms with Crippen molar-refractivity contribution >= 4 is 30.7 Å². The van der Waals surface area contributed by atoms with Crippen molar-refractivity contribution in [1.29, 1.82) is 0 Å². The molecule has 5 aliphatic heterocycles. The van der Waals surface area contributed by atoms with E-state index in [1.807, 2.05) is 0 Å². The van der Waals surface area contributed by atoms with E-state index in [-0.39, 0.29) is 48.7 Å². The Balaban J connectivity index is 0.00000102. The third-order valence-corrected chi connectivity index (χ3v) is 7.97. The molecule has 1 saturated carbocycles. The monoisotopic (exact) mass is 445 g/mol. The van der Waals surface area contributed by atoms with Crippen LogP contribution in [-0.4, -0.2) is 60.5 Å². The predicted octanol–water partition coefficient (Wildman–Crippen LogP) is 2.66. The fraction of sp³-hybridized carbons (Fsp3) is 0.667. The molecule has 0 aromatic heterocycles. The number of carbonyl (C=O) groups is 1. The van der Waals surface area contributed by atoms with Gasteiger partial charge in [0, 0.05) is 30.5 Å². The average Bonchev–Trinajstić information content (AvgIpc) is 3.02. The Morgan fingerprint density at radius 3 is 2.21 bits per heavy atom. The minimum absolute atomic E-state index is 0. The van der Waals surface area contributed by atoms with Crippen LogP contribution < -0.4 is 5.32 Å². The van der Waals surface area contributed by atoms with Crippen molar-refractivity contribution in [2.75, 3.05) is 32.7 Å². The number of rotatable bonds is 2. The van der Waals surface area contributed by atoms with Crippen LogP contribution in [0.2, 0.25) is 0 Å². The topological polar surface area (TPSA) is 35.6 Å². The fourth-order valence-corrected chi connectivity index (χ4v) is 6.73. The molecule has 1 amide bonds. The minimum atomic E-state index is -0.523. The molecule has 1 aromatic carbocycles. The maximum atomic E-state index is 13.9. The standard InChI is InChI=1S/C21H25F2N3O.2ClH/c22-13-5-12(6-14(23)7-13)17-10-26(21(27)18-15-8-24-9-16(15)18)19-11-1-3-25(4-2-11)20(17)19;;/h5-7,11,15-20,24H,1-4,8-10H2;2*1H/t15-,16+,17-,18?,19-,20-;;/m1../s1. The maximum Gasteiger partial charge on any atom is 0.226 e. The van der Waals surface area contributed by atoms with Crippen molar-refractivity contribution in [3.8, 4) is 0 Å². The number of benzene rings is 1. The van der Waals surface area contributed by atoms with Gasteiger partial charge in [-0.25, -0.2) is 8.78 Å². The van der Waals surface area contributed by atoms with Gasteiger partial charge in [0.2, 0.25) is 5.91 Å². The van der Waals surface area contributed by atoms with Crippen LogP contribution in [0.25, 0.3) is 0 Å². The van der Waals surface area contributed by atoms with Gasteiger partial charge >= 0.3 is 0 Å². The summed E-state index contributed by atoms with van der Waals surface area (Å²) in [5.41, 5.74) is 0.711. The highest BCUT2D eigenvalue weighted by atomic mass is 35.5. The molecule has 7 rings (SSSR count). The van der Waals surface area contributed by atoms with Crippen molar-refractivity contribution in [3.05, 3.63) is 35.4 Å². The van der Waals surface area contributed by atoms with Crippen LogP contribution in [0.4, 0.5) is 8.78 Å². The number of piperidine rings is 4. The first-order chi connectivity index (χ1) is 13.1. The number of amides is 1. The van der Waals surface area contributed by atoms with Crippen LogP contribution >= 0.6 is 24.8 Å². The molecule has 8 heteroatoms. The highest BCUT2D eigenvalue weighted by Gasteiger charge is 2.62. The SMILES string of the molecule is Cl.Cl.O=C(C1[C@H]2CNC[C@@H]12)N1C[C@H](c2cc(F)cc(F)c2)[C@@H]2[C@H]1C1CCN2CC1. The quantitative estimate of drug-likeness (QED) is 0.759. The van der Waals surface area contributed by atoms with Gasteiger partial charge in [-0.2, -0.15) is 0 Å². The Bertz CT molecular complexity index is 774. The summed E-state index contributed by atoms with van der Waals surface area (Å²) >= 11 is 0. The number of hydrogen-bond acceptors (Lipinski definition) is 3. The lowest BCUT2D eigenvalue weighted by Crippen LogP contribution is -2.61. The van der Waals surface area contributed by atoms with Gasteiger partial charge in [-0.3, -0.25) is 9.69 Å². The van der Waals surface area contributed by atoms with E-state index < -0.39 is 11.6 Å². The summed E-state index contributed by atoms with van der Waals surface area (Å²) < 4.78 is 27.8. The zero-order valence-electron chi connectivity index (χ0n) is 16.1. The predicted molar refractivity (Wildman–Crippen MR) is 111 cm³/mol. The molecule has 1 aliphatic carbocycles. The molecule has 160 valence electrons. The van der Waals surface area contributed by atoms with E-state index in [2.05, 4.69) is 15.1 Å². The highest BCUT2D eigenvalue weighted by Crippen LogP contribution is 2.53. The summed E-state index contributed by atoms with van der Waals surface area (Å²) in [6, 6.07) is 4.30. The lowest BCUT2D eigenvalue weighted by atomic mass is 9.75. The Morgan fingerprint density at radius 2 is 1.59 bits per heavy atom. The third-order valence-electron chi connectivity index (χ3n) is 7.97. The molecule has 5 saturated heterocycles. The number of halogens is 4. The van der Waals surface area contributed by atoms with E-state index in [0.29, 0.717) is 35.8 Å². The molecule has 6 atom stereocenters. The molecule has 4 nitrogen and oxygen atoms in total. The van der Waals surface area contributed by atoms with Crippen LogP contribution in [0.3, 0.4) is 0 Å². The first-order valence-corrected chi connectivity index (χ1v) is 10.3. The Hall–Kier alpha value is -0.950. The van der Waals surface area contributed by atoms with E-state index in [9.17, 15) is 13.6 Å². The van der Waals surface area contributed by atoms with E-state index in [4.69, 9.17) is 0 Å². The normalized spacial score (nSPS) is 41.2. The Kier molecular flexibility index (Phi) is 5.60. The average molecular weight is 446 g/mol. The molecule has 6 aliphatic rings. The number of nitrogens with one attached hydrogen (secondary N) is 1. The van der Waals surface area contributed by atoms with Crippen LogP contribution in [-0.2, 0) is 4.79 Å². The van der Waals surface area contributed by atoms with Gasteiger partial charge in [-0.1, -0.05) is 0 Å². The summed E-state index contributed by atoms with van der Waals surface area (Å²) in [4.78, 5) is 18.0. The first-order valence-electron chi connectivity index (χ1n) is 10.3. The second-order valence-corrected chi connectivity index (χ2v) is 9.17. The summed E-state index contributed by atoms with van der Waals surface area (Å²) in [7, 11) is 0. The lowest BCUT2D eigenvalue weighted by molar-refractivity contribution is -0.138.